The van der Waals surface area contributed by atoms with Gasteiger partial charge < -0.3 is 10.5 Å². The van der Waals surface area contributed by atoms with Crippen LogP contribution in [0.4, 0.5) is 0 Å². The highest BCUT2D eigenvalue weighted by molar-refractivity contribution is 7.89. The summed E-state index contributed by atoms with van der Waals surface area (Å²) in [4.78, 5) is 0.0827. The maximum Gasteiger partial charge on any atom is 0.242 e. The monoisotopic (exact) mass is 336 g/mol. The molecule has 0 saturated carbocycles. The molecule has 0 aliphatic heterocycles. The molecule has 0 spiro atoms. The number of sulfonamides is 1. The van der Waals surface area contributed by atoms with Crippen LogP contribution in [-0.4, -0.2) is 33.2 Å². The van der Waals surface area contributed by atoms with Crippen molar-refractivity contribution in [1.82, 2.24) is 4.72 Å². The van der Waals surface area contributed by atoms with Crippen molar-refractivity contribution in [1.29, 1.82) is 0 Å². The number of nitrogens with two attached hydrogens (primary N) is 1. The first-order valence-electron chi connectivity index (χ1n) is 5.88. The molecule has 1 atom stereocenters. The number of nitrogens with one attached hydrogen (secondary N) is 1. The molecule has 0 fully saturated rings. The van der Waals surface area contributed by atoms with Gasteiger partial charge >= 0.3 is 0 Å². The van der Waals surface area contributed by atoms with Crippen LogP contribution >= 0.6 is 23.8 Å². The van der Waals surface area contributed by atoms with Gasteiger partial charge in [-0.05, 0) is 25.5 Å². The predicted molar refractivity (Wildman–Crippen MR) is 83.6 cm³/mol. The van der Waals surface area contributed by atoms with Crippen LogP contribution < -0.4 is 10.5 Å². The van der Waals surface area contributed by atoms with Gasteiger partial charge in [-0.3, -0.25) is 0 Å². The van der Waals surface area contributed by atoms with E-state index in [4.69, 9.17) is 34.3 Å². The third-order valence-electron chi connectivity index (χ3n) is 2.62. The number of hydrogen-bond donors (Lipinski definition) is 2. The average Bonchev–Trinajstić information content (AvgIpc) is 2.35. The van der Waals surface area contributed by atoms with E-state index in [0.717, 1.165) is 0 Å². The lowest BCUT2D eigenvalue weighted by Crippen LogP contribution is -2.33. The third-order valence-corrected chi connectivity index (χ3v) is 4.92. The Morgan fingerprint density at radius 3 is 2.75 bits per heavy atom. The molecule has 20 heavy (non-hydrogen) atoms. The van der Waals surface area contributed by atoms with Crippen LogP contribution in [0, 0.1) is 0 Å². The zero-order valence-corrected chi connectivity index (χ0v) is 13.6. The number of methoxy groups -OCH3 is 1. The molecule has 8 heteroatoms. The van der Waals surface area contributed by atoms with E-state index in [2.05, 4.69) is 4.72 Å². The minimum absolute atomic E-state index is 0.0336. The Morgan fingerprint density at radius 2 is 2.20 bits per heavy atom. The molecule has 3 N–H and O–H groups in total. The second-order valence-corrected chi connectivity index (χ2v) is 6.84. The van der Waals surface area contributed by atoms with E-state index in [9.17, 15) is 8.42 Å². The molecule has 5 nitrogen and oxygen atoms in total. The summed E-state index contributed by atoms with van der Waals surface area (Å²) in [7, 11) is -2.17. The highest BCUT2D eigenvalue weighted by Gasteiger charge is 2.21. The van der Waals surface area contributed by atoms with Gasteiger partial charge in [0.1, 0.15) is 9.88 Å². The first-order chi connectivity index (χ1) is 9.27. The Balaban J connectivity index is 3.03. The van der Waals surface area contributed by atoms with Crippen molar-refractivity contribution in [2.45, 2.75) is 24.3 Å². The lowest BCUT2D eigenvalue weighted by molar-refractivity contribution is 0.188. The molecule has 112 valence electrons. The number of halogens is 1. The van der Waals surface area contributed by atoms with E-state index in [1.54, 1.807) is 20.1 Å². The number of benzene rings is 1. The van der Waals surface area contributed by atoms with E-state index in [-0.39, 0.29) is 20.9 Å². The molecular formula is C12H17ClN2O3S2. The van der Waals surface area contributed by atoms with Gasteiger partial charge in [0.05, 0.1) is 5.02 Å². The van der Waals surface area contributed by atoms with E-state index < -0.39 is 10.0 Å². The molecule has 0 saturated heterocycles. The standard InChI is InChI=1S/C12H17ClN2O3S2/c1-8(5-6-18-2)15-20(16,17)11-7-9(12(14)19)3-4-10(11)13/h3-4,7-8,15H,5-6H2,1-2H3,(H2,14,19). The van der Waals surface area contributed by atoms with Crippen LogP contribution in [0.2, 0.25) is 5.02 Å². The minimum Gasteiger partial charge on any atom is -0.389 e. The largest absolute Gasteiger partial charge is 0.389 e. The molecule has 1 aromatic rings. The maximum atomic E-state index is 12.3. The van der Waals surface area contributed by atoms with Crippen molar-refractivity contribution in [3.8, 4) is 0 Å². The number of thiocarbonyl (C=S) groups is 1. The Morgan fingerprint density at radius 1 is 1.55 bits per heavy atom. The molecule has 0 radical (unpaired) electrons. The summed E-state index contributed by atoms with van der Waals surface area (Å²) in [5.41, 5.74) is 5.95. The summed E-state index contributed by atoms with van der Waals surface area (Å²) in [5.74, 6) is 0. The molecule has 0 amide bonds. The average molecular weight is 337 g/mol. The van der Waals surface area contributed by atoms with E-state index in [1.807, 2.05) is 0 Å². The second kappa shape index (κ2) is 7.33. The first-order valence-corrected chi connectivity index (χ1v) is 8.15. The van der Waals surface area contributed by atoms with Gasteiger partial charge in [-0.2, -0.15) is 0 Å². The summed E-state index contributed by atoms with van der Waals surface area (Å²) >= 11 is 10.8. The van der Waals surface area contributed by atoms with E-state index >= 15 is 0 Å². The number of rotatable bonds is 7. The summed E-state index contributed by atoms with van der Waals surface area (Å²) in [5, 5.41) is 0.122. The van der Waals surface area contributed by atoms with Crippen LogP contribution in [0.1, 0.15) is 18.9 Å². The highest BCUT2D eigenvalue weighted by atomic mass is 35.5. The van der Waals surface area contributed by atoms with Gasteiger partial charge in [0.15, 0.2) is 0 Å². The van der Waals surface area contributed by atoms with Crippen molar-refractivity contribution in [3.05, 3.63) is 28.8 Å². The fraction of sp³-hybridized carbons (Fsp3) is 0.417. The number of ether oxygens (including phenoxy) is 1. The lowest BCUT2D eigenvalue weighted by Gasteiger charge is -2.15. The van der Waals surface area contributed by atoms with Gasteiger partial charge in [-0.15, -0.1) is 0 Å². The summed E-state index contributed by atoms with van der Waals surface area (Å²) < 4.78 is 32.0. The van der Waals surface area contributed by atoms with Crippen LogP contribution in [-0.2, 0) is 14.8 Å². The van der Waals surface area contributed by atoms with Crippen LogP contribution in [0.3, 0.4) is 0 Å². The molecule has 1 aromatic carbocycles. The zero-order valence-electron chi connectivity index (χ0n) is 11.2. The van der Waals surface area contributed by atoms with Gasteiger partial charge in [-0.25, -0.2) is 13.1 Å². The van der Waals surface area contributed by atoms with Crippen LogP contribution in [0.25, 0.3) is 0 Å². The molecule has 0 aliphatic rings. The Bertz CT molecular complexity index is 590. The van der Waals surface area contributed by atoms with Gasteiger partial charge in [0, 0.05) is 25.3 Å². The van der Waals surface area contributed by atoms with Gasteiger partial charge in [0.25, 0.3) is 0 Å². The predicted octanol–water partition coefficient (Wildman–Crippen LogP) is 1.68. The normalized spacial score (nSPS) is 13.2. The van der Waals surface area contributed by atoms with Crippen molar-refractivity contribution >= 4 is 38.8 Å². The molecule has 0 aromatic heterocycles. The van der Waals surface area contributed by atoms with Crippen molar-refractivity contribution in [2.24, 2.45) is 5.73 Å². The minimum atomic E-state index is -3.73. The third kappa shape index (κ3) is 4.68. The topological polar surface area (TPSA) is 81.4 Å². The van der Waals surface area contributed by atoms with Crippen molar-refractivity contribution in [3.63, 3.8) is 0 Å². The van der Waals surface area contributed by atoms with Gasteiger partial charge in [-0.1, -0.05) is 29.9 Å². The smallest absolute Gasteiger partial charge is 0.242 e. The number of hydrogen-bond acceptors (Lipinski definition) is 4. The van der Waals surface area contributed by atoms with Gasteiger partial charge in [0.2, 0.25) is 10.0 Å². The first kappa shape index (κ1) is 17.3. The fourth-order valence-electron chi connectivity index (χ4n) is 1.54. The summed E-state index contributed by atoms with van der Waals surface area (Å²) in [6, 6.07) is 4.14. The van der Waals surface area contributed by atoms with E-state index in [0.29, 0.717) is 18.6 Å². The highest BCUT2D eigenvalue weighted by Crippen LogP contribution is 2.23. The molecule has 0 bridgehead atoms. The summed E-state index contributed by atoms with van der Waals surface area (Å²) in [6.07, 6.45) is 0.558. The quantitative estimate of drug-likeness (QED) is 0.740. The Kier molecular flexibility index (Phi) is 6.35. The Labute approximate surface area is 129 Å². The zero-order chi connectivity index (χ0) is 15.3. The van der Waals surface area contributed by atoms with Crippen LogP contribution in [0.15, 0.2) is 23.1 Å². The maximum absolute atomic E-state index is 12.3. The lowest BCUT2D eigenvalue weighted by atomic mass is 10.2. The molecular weight excluding hydrogens is 320 g/mol. The second-order valence-electron chi connectivity index (χ2n) is 4.31. The van der Waals surface area contributed by atoms with Crippen LogP contribution in [0.5, 0.6) is 0 Å². The van der Waals surface area contributed by atoms with Crippen molar-refractivity contribution < 1.29 is 13.2 Å². The molecule has 0 heterocycles. The fourth-order valence-corrected chi connectivity index (χ4v) is 3.48. The Hall–Kier alpha value is -0.730. The van der Waals surface area contributed by atoms with Crippen molar-refractivity contribution in [2.75, 3.05) is 13.7 Å². The molecule has 1 rings (SSSR count). The van der Waals surface area contributed by atoms with E-state index in [1.165, 1.54) is 12.1 Å². The molecule has 0 aliphatic carbocycles. The molecule has 1 unspecified atom stereocenters. The summed E-state index contributed by atoms with van der Waals surface area (Å²) in [6.45, 7) is 2.21. The SMILES string of the molecule is COCCC(C)NS(=O)(=O)c1cc(C(N)=S)ccc1Cl.